The third-order valence-electron chi connectivity index (χ3n) is 3.40. The highest BCUT2D eigenvalue weighted by molar-refractivity contribution is 5.85. The van der Waals surface area contributed by atoms with Gasteiger partial charge >= 0.3 is 5.97 Å². The van der Waals surface area contributed by atoms with Gasteiger partial charge < -0.3 is 10.4 Å². The van der Waals surface area contributed by atoms with E-state index in [9.17, 15) is 9.59 Å². The number of hydrogen-bond donors (Lipinski definition) is 2. The Labute approximate surface area is 112 Å². The van der Waals surface area contributed by atoms with Crippen molar-refractivity contribution < 1.29 is 14.7 Å². The molecular formula is C15H17NO3. The highest BCUT2D eigenvalue weighted by Crippen LogP contribution is 2.26. The first kappa shape index (κ1) is 13.3. The molecule has 19 heavy (non-hydrogen) atoms. The lowest BCUT2D eigenvalue weighted by molar-refractivity contribution is -0.147. The standard InChI is InChI=1S/C15H17NO3/c17-14(16-10-11-6-2-1-3-7-11)12-8-4-5-9-13(12)15(18)19/h1-7,12-13H,8-10H2,(H,16,17)(H,18,19)/t12-,13-/m1/s1. The van der Waals surface area contributed by atoms with Gasteiger partial charge in [-0.25, -0.2) is 0 Å². The lowest BCUT2D eigenvalue weighted by Gasteiger charge is -2.24. The summed E-state index contributed by atoms with van der Waals surface area (Å²) >= 11 is 0. The van der Waals surface area contributed by atoms with Crippen LogP contribution in [0, 0.1) is 11.8 Å². The summed E-state index contributed by atoms with van der Waals surface area (Å²) in [4.78, 5) is 23.2. The Hall–Kier alpha value is -2.10. The van der Waals surface area contributed by atoms with Crippen LogP contribution in [-0.2, 0) is 16.1 Å². The van der Waals surface area contributed by atoms with E-state index in [2.05, 4.69) is 5.32 Å². The molecule has 1 amide bonds. The molecular weight excluding hydrogens is 242 g/mol. The summed E-state index contributed by atoms with van der Waals surface area (Å²) < 4.78 is 0. The van der Waals surface area contributed by atoms with E-state index in [1.54, 1.807) is 0 Å². The number of aliphatic carboxylic acids is 1. The normalized spacial score (nSPS) is 21.9. The average Bonchev–Trinajstić information content (AvgIpc) is 2.46. The number of allylic oxidation sites excluding steroid dienone is 2. The summed E-state index contributed by atoms with van der Waals surface area (Å²) in [6.45, 7) is 0.437. The molecule has 0 heterocycles. The minimum atomic E-state index is -0.899. The topological polar surface area (TPSA) is 66.4 Å². The van der Waals surface area contributed by atoms with Crippen LogP contribution in [-0.4, -0.2) is 17.0 Å². The van der Waals surface area contributed by atoms with Crippen molar-refractivity contribution in [2.75, 3.05) is 0 Å². The molecule has 0 aromatic heterocycles. The van der Waals surface area contributed by atoms with Crippen LogP contribution in [0.4, 0.5) is 0 Å². The van der Waals surface area contributed by atoms with E-state index in [1.165, 1.54) is 0 Å². The third-order valence-corrected chi connectivity index (χ3v) is 3.40. The molecule has 0 saturated heterocycles. The molecule has 0 fully saturated rings. The molecule has 4 heteroatoms. The van der Waals surface area contributed by atoms with Gasteiger partial charge in [-0.05, 0) is 18.4 Å². The van der Waals surface area contributed by atoms with Crippen LogP contribution in [0.1, 0.15) is 18.4 Å². The van der Waals surface area contributed by atoms with Crippen molar-refractivity contribution in [1.29, 1.82) is 0 Å². The Morgan fingerprint density at radius 3 is 2.37 bits per heavy atom. The van der Waals surface area contributed by atoms with E-state index in [0.717, 1.165) is 5.56 Å². The van der Waals surface area contributed by atoms with Crippen LogP contribution in [0.5, 0.6) is 0 Å². The molecule has 4 nitrogen and oxygen atoms in total. The Bertz CT molecular complexity index is 481. The van der Waals surface area contributed by atoms with Gasteiger partial charge in [-0.1, -0.05) is 42.5 Å². The zero-order valence-corrected chi connectivity index (χ0v) is 10.6. The van der Waals surface area contributed by atoms with Crippen molar-refractivity contribution in [2.24, 2.45) is 11.8 Å². The van der Waals surface area contributed by atoms with Crippen LogP contribution in [0.2, 0.25) is 0 Å². The molecule has 0 aliphatic heterocycles. The number of carbonyl (C=O) groups is 2. The van der Waals surface area contributed by atoms with Gasteiger partial charge in [0.1, 0.15) is 0 Å². The van der Waals surface area contributed by atoms with Crippen LogP contribution >= 0.6 is 0 Å². The van der Waals surface area contributed by atoms with Crippen molar-refractivity contribution in [3.63, 3.8) is 0 Å². The van der Waals surface area contributed by atoms with Crippen LogP contribution in [0.3, 0.4) is 0 Å². The van der Waals surface area contributed by atoms with E-state index in [0.29, 0.717) is 19.4 Å². The molecule has 2 atom stereocenters. The second kappa shape index (κ2) is 6.18. The van der Waals surface area contributed by atoms with Gasteiger partial charge in [-0.2, -0.15) is 0 Å². The van der Waals surface area contributed by atoms with Gasteiger partial charge in [0.25, 0.3) is 0 Å². The maximum atomic E-state index is 12.1. The fourth-order valence-electron chi connectivity index (χ4n) is 2.29. The van der Waals surface area contributed by atoms with E-state index >= 15 is 0 Å². The molecule has 2 rings (SSSR count). The monoisotopic (exact) mass is 259 g/mol. The Morgan fingerprint density at radius 1 is 1.11 bits per heavy atom. The number of carboxylic acids is 1. The maximum absolute atomic E-state index is 12.1. The Balaban J connectivity index is 1.95. The second-order valence-corrected chi connectivity index (χ2v) is 4.70. The number of rotatable bonds is 4. The van der Waals surface area contributed by atoms with Gasteiger partial charge in [-0.3, -0.25) is 9.59 Å². The first-order valence-electron chi connectivity index (χ1n) is 6.38. The molecule has 1 aliphatic rings. The summed E-state index contributed by atoms with van der Waals surface area (Å²) in [5.74, 6) is -2.16. The molecule has 0 radical (unpaired) electrons. The van der Waals surface area contributed by atoms with E-state index in [-0.39, 0.29) is 5.91 Å². The maximum Gasteiger partial charge on any atom is 0.307 e. The second-order valence-electron chi connectivity index (χ2n) is 4.70. The molecule has 0 bridgehead atoms. The number of nitrogens with one attached hydrogen (secondary N) is 1. The predicted molar refractivity (Wildman–Crippen MR) is 71.3 cm³/mol. The predicted octanol–water partition coefficient (Wildman–Crippen LogP) is 1.97. The van der Waals surface area contributed by atoms with Gasteiger partial charge in [0.15, 0.2) is 0 Å². The fraction of sp³-hybridized carbons (Fsp3) is 0.333. The van der Waals surface area contributed by atoms with Crippen LogP contribution in [0.25, 0.3) is 0 Å². The van der Waals surface area contributed by atoms with Gasteiger partial charge in [0.05, 0.1) is 11.8 Å². The first-order chi connectivity index (χ1) is 9.18. The minimum Gasteiger partial charge on any atom is -0.481 e. The van der Waals surface area contributed by atoms with Crippen molar-refractivity contribution in [2.45, 2.75) is 19.4 Å². The molecule has 0 unspecified atom stereocenters. The van der Waals surface area contributed by atoms with Crippen molar-refractivity contribution in [1.82, 2.24) is 5.32 Å². The summed E-state index contributed by atoms with van der Waals surface area (Å²) in [6, 6.07) is 9.58. The van der Waals surface area contributed by atoms with Crippen molar-refractivity contribution >= 4 is 11.9 Å². The molecule has 2 N–H and O–H groups in total. The zero-order valence-electron chi connectivity index (χ0n) is 10.6. The average molecular weight is 259 g/mol. The summed E-state index contributed by atoms with van der Waals surface area (Å²) in [6.07, 6.45) is 4.64. The summed E-state index contributed by atoms with van der Waals surface area (Å²) in [7, 11) is 0. The number of carbonyl (C=O) groups excluding carboxylic acids is 1. The van der Waals surface area contributed by atoms with Gasteiger partial charge in [0.2, 0.25) is 5.91 Å². The highest BCUT2D eigenvalue weighted by Gasteiger charge is 2.33. The van der Waals surface area contributed by atoms with E-state index in [4.69, 9.17) is 5.11 Å². The molecule has 1 aromatic carbocycles. The number of carboxylic acid groups (broad SMARTS) is 1. The first-order valence-corrected chi connectivity index (χ1v) is 6.38. The van der Waals surface area contributed by atoms with Crippen molar-refractivity contribution in [3.8, 4) is 0 Å². The van der Waals surface area contributed by atoms with Crippen LogP contribution in [0.15, 0.2) is 42.5 Å². The summed E-state index contributed by atoms with van der Waals surface area (Å²) in [5, 5.41) is 11.9. The number of hydrogen-bond acceptors (Lipinski definition) is 2. The SMILES string of the molecule is O=C(O)[C@@H]1CC=CC[C@H]1C(=O)NCc1ccccc1. The smallest absolute Gasteiger partial charge is 0.307 e. The third kappa shape index (κ3) is 3.44. The molecule has 1 aliphatic carbocycles. The number of amides is 1. The highest BCUT2D eigenvalue weighted by atomic mass is 16.4. The lowest BCUT2D eigenvalue weighted by atomic mass is 9.82. The van der Waals surface area contributed by atoms with Gasteiger partial charge in [0, 0.05) is 6.54 Å². The Morgan fingerprint density at radius 2 is 1.74 bits per heavy atom. The van der Waals surface area contributed by atoms with Gasteiger partial charge in [-0.15, -0.1) is 0 Å². The molecule has 0 spiro atoms. The number of benzene rings is 1. The summed E-state index contributed by atoms with van der Waals surface area (Å²) in [5.41, 5.74) is 1.01. The van der Waals surface area contributed by atoms with Crippen LogP contribution < -0.4 is 5.32 Å². The minimum absolute atomic E-state index is 0.180. The largest absolute Gasteiger partial charge is 0.481 e. The van der Waals surface area contributed by atoms with Crippen molar-refractivity contribution in [3.05, 3.63) is 48.0 Å². The zero-order chi connectivity index (χ0) is 13.7. The van der Waals surface area contributed by atoms with E-state index in [1.807, 2.05) is 42.5 Å². The lowest BCUT2D eigenvalue weighted by Crippen LogP contribution is -2.38. The Kier molecular flexibility index (Phi) is 4.34. The quantitative estimate of drug-likeness (QED) is 0.812. The molecule has 0 saturated carbocycles. The molecule has 100 valence electrons. The van der Waals surface area contributed by atoms with E-state index < -0.39 is 17.8 Å². The fourth-order valence-corrected chi connectivity index (χ4v) is 2.29. The molecule has 1 aromatic rings.